The molecule has 1 amide bonds. The summed E-state index contributed by atoms with van der Waals surface area (Å²) in [5.74, 6) is 1.13. The second-order valence-electron chi connectivity index (χ2n) is 6.18. The molecule has 1 unspecified atom stereocenters. The number of benzene rings is 2. The van der Waals surface area contributed by atoms with Gasteiger partial charge in [0.25, 0.3) is 5.91 Å². The minimum absolute atomic E-state index is 0.0815. The van der Waals surface area contributed by atoms with Gasteiger partial charge in [0, 0.05) is 41.5 Å². The van der Waals surface area contributed by atoms with Crippen molar-refractivity contribution in [1.29, 1.82) is 0 Å². The molecule has 1 aliphatic heterocycles. The van der Waals surface area contributed by atoms with Gasteiger partial charge in [-0.1, -0.05) is 42.5 Å². The Hall–Kier alpha value is -1.94. The molecule has 0 N–H and O–H groups in total. The zero-order chi connectivity index (χ0) is 16.2. The largest absolute Gasteiger partial charge is 0.338 e. The molecule has 2 aromatic carbocycles. The van der Waals surface area contributed by atoms with Gasteiger partial charge in [-0.15, -0.1) is 0 Å². The Balaban J connectivity index is 1.57. The summed E-state index contributed by atoms with van der Waals surface area (Å²) in [5, 5.41) is 0. The molecular formula is C19H21NO2S. The lowest BCUT2D eigenvalue weighted by Gasteiger charge is -2.39. The van der Waals surface area contributed by atoms with Gasteiger partial charge in [0.2, 0.25) is 0 Å². The first-order valence-corrected chi connectivity index (χ1v) is 9.56. The van der Waals surface area contributed by atoms with Gasteiger partial charge < -0.3 is 4.90 Å². The Morgan fingerprint density at radius 2 is 1.78 bits per heavy atom. The van der Waals surface area contributed by atoms with Crippen LogP contribution >= 0.6 is 0 Å². The summed E-state index contributed by atoms with van der Waals surface area (Å²) >= 11 is 0. The highest BCUT2D eigenvalue weighted by molar-refractivity contribution is 7.83. The first kappa shape index (κ1) is 15.9. The maximum Gasteiger partial charge on any atom is 0.253 e. The third-order valence-electron chi connectivity index (χ3n) is 4.16. The molecule has 0 aliphatic carbocycles. The Bertz CT molecular complexity index is 708. The summed E-state index contributed by atoms with van der Waals surface area (Å²) in [4.78, 5) is 14.4. The van der Waals surface area contributed by atoms with E-state index >= 15 is 0 Å². The van der Waals surface area contributed by atoms with E-state index in [1.54, 1.807) is 6.26 Å². The van der Waals surface area contributed by atoms with Crippen molar-refractivity contribution in [1.82, 2.24) is 4.90 Å². The molecule has 1 aliphatic rings. The highest BCUT2D eigenvalue weighted by Gasteiger charge is 2.31. The predicted octanol–water partition coefficient (Wildman–Crippen LogP) is 2.88. The fourth-order valence-corrected chi connectivity index (χ4v) is 3.67. The van der Waals surface area contributed by atoms with Gasteiger partial charge in [-0.2, -0.15) is 0 Å². The Morgan fingerprint density at radius 1 is 1.09 bits per heavy atom. The number of amides is 1. The van der Waals surface area contributed by atoms with Crippen LogP contribution in [-0.2, 0) is 23.0 Å². The van der Waals surface area contributed by atoms with Crippen molar-refractivity contribution >= 4 is 16.7 Å². The number of rotatable bonds is 5. The van der Waals surface area contributed by atoms with Crippen LogP contribution in [0.3, 0.4) is 0 Å². The van der Waals surface area contributed by atoms with E-state index in [-0.39, 0.29) is 5.91 Å². The van der Waals surface area contributed by atoms with E-state index in [1.807, 2.05) is 35.2 Å². The fraction of sp³-hybridized carbons (Fsp3) is 0.316. The maximum atomic E-state index is 12.5. The van der Waals surface area contributed by atoms with E-state index in [1.165, 1.54) is 5.56 Å². The zero-order valence-electron chi connectivity index (χ0n) is 13.3. The van der Waals surface area contributed by atoms with Gasteiger partial charge in [0.1, 0.15) is 0 Å². The molecule has 1 saturated heterocycles. The van der Waals surface area contributed by atoms with Crippen LogP contribution in [0, 0.1) is 5.92 Å². The molecular weight excluding hydrogens is 306 g/mol. The number of nitrogens with zero attached hydrogens (tertiary/aromatic N) is 1. The van der Waals surface area contributed by atoms with Gasteiger partial charge in [-0.3, -0.25) is 9.00 Å². The average molecular weight is 327 g/mol. The second kappa shape index (κ2) is 7.09. The molecule has 3 nitrogen and oxygen atoms in total. The molecule has 3 rings (SSSR count). The highest BCUT2D eigenvalue weighted by Crippen LogP contribution is 2.23. The van der Waals surface area contributed by atoms with Gasteiger partial charge in [0.05, 0.1) is 0 Å². The summed E-state index contributed by atoms with van der Waals surface area (Å²) < 4.78 is 11.3. The molecule has 120 valence electrons. The van der Waals surface area contributed by atoms with Crippen LogP contribution < -0.4 is 0 Å². The minimum Gasteiger partial charge on any atom is -0.338 e. The average Bonchev–Trinajstić information content (AvgIpc) is 2.50. The van der Waals surface area contributed by atoms with Crippen molar-refractivity contribution in [3.63, 3.8) is 0 Å². The second-order valence-corrected chi connectivity index (χ2v) is 7.62. The van der Waals surface area contributed by atoms with Gasteiger partial charge >= 0.3 is 0 Å². The van der Waals surface area contributed by atoms with Crippen molar-refractivity contribution in [2.45, 2.75) is 12.2 Å². The summed E-state index contributed by atoms with van der Waals surface area (Å²) in [5.41, 5.74) is 2.99. The third kappa shape index (κ3) is 4.08. The summed E-state index contributed by atoms with van der Waals surface area (Å²) in [6, 6.07) is 17.9. The molecule has 0 spiro atoms. The molecule has 1 fully saturated rings. The van der Waals surface area contributed by atoms with Gasteiger partial charge in [0.15, 0.2) is 0 Å². The van der Waals surface area contributed by atoms with E-state index in [9.17, 15) is 9.00 Å². The lowest BCUT2D eigenvalue weighted by Crippen LogP contribution is -2.50. The summed E-state index contributed by atoms with van der Waals surface area (Å²) in [6.45, 7) is 1.63. The summed E-state index contributed by atoms with van der Waals surface area (Å²) in [7, 11) is -0.890. The van der Waals surface area contributed by atoms with Crippen LogP contribution in [0.4, 0.5) is 0 Å². The van der Waals surface area contributed by atoms with Crippen LogP contribution in [0.25, 0.3) is 0 Å². The first-order chi connectivity index (χ1) is 11.1. The molecule has 4 heteroatoms. The molecule has 1 atom stereocenters. The number of likely N-dealkylation sites (tertiary alicyclic amines) is 1. The van der Waals surface area contributed by atoms with E-state index < -0.39 is 10.8 Å². The number of carbonyl (C=O) groups excluding carboxylic acids is 1. The monoisotopic (exact) mass is 327 g/mol. The third-order valence-corrected chi connectivity index (χ3v) is 4.90. The fourth-order valence-electron chi connectivity index (χ4n) is 3.02. The lowest BCUT2D eigenvalue weighted by atomic mass is 9.91. The first-order valence-electron chi connectivity index (χ1n) is 7.84. The van der Waals surface area contributed by atoms with Crippen LogP contribution in [0.5, 0.6) is 0 Å². The molecule has 0 saturated carbocycles. The number of hydrogen-bond donors (Lipinski definition) is 0. The molecule has 0 bridgehead atoms. The molecule has 0 aromatic heterocycles. The van der Waals surface area contributed by atoms with Crippen molar-refractivity contribution in [2.24, 2.45) is 5.92 Å². The molecule has 2 aromatic rings. The van der Waals surface area contributed by atoms with Gasteiger partial charge in [-0.05, 0) is 35.6 Å². The highest BCUT2D eigenvalue weighted by atomic mass is 32.2. The van der Waals surface area contributed by atoms with E-state index in [0.29, 0.717) is 17.2 Å². The van der Waals surface area contributed by atoms with Crippen molar-refractivity contribution < 1.29 is 9.00 Å². The number of carbonyl (C=O) groups is 1. The maximum absolute atomic E-state index is 12.5. The van der Waals surface area contributed by atoms with Crippen molar-refractivity contribution in [3.8, 4) is 0 Å². The Kier molecular flexibility index (Phi) is 4.91. The predicted molar refractivity (Wildman–Crippen MR) is 93.8 cm³/mol. The minimum atomic E-state index is -0.890. The Labute approximate surface area is 139 Å². The lowest BCUT2D eigenvalue weighted by molar-refractivity contribution is 0.0501. The molecule has 23 heavy (non-hydrogen) atoms. The smallest absolute Gasteiger partial charge is 0.253 e. The van der Waals surface area contributed by atoms with Crippen LogP contribution in [0.1, 0.15) is 21.5 Å². The zero-order valence-corrected chi connectivity index (χ0v) is 14.1. The van der Waals surface area contributed by atoms with Crippen LogP contribution in [0.2, 0.25) is 0 Å². The topological polar surface area (TPSA) is 37.4 Å². The molecule has 0 radical (unpaired) electrons. The Morgan fingerprint density at radius 3 is 2.48 bits per heavy atom. The van der Waals surface area contributed by atoms with Crippen LogP contribution in [0.15, 0.2) is 54.6 Å². The van der Waals surface area contributed by atoms with Gasteiger partial charge in [-0.25, -0.2) is 0 Å². The van der Waals surface area contributed by atoms with Crippen molar-refractivity contribution in [3.05, 3.63) is 71.3 Å². The van der Waals surface area contributed by atoms with E-state index in [0.717, 1.165) is 25.1 Å². The summed E-state index contributed by atoms with van der Waals surface area (Å²) in [6.07, 6.45) is 2.71. The van der Waals surface area contributed by atoms with Crippen molar-refractivity contribution in [2.75, 3.05) is 19.3 Å². The van der Waals surface area contributed by atoms with E-state index in [4.69, 9.17) is 0 Å². The molecule has 1 heterocycles. The normalized spacial score (nSPS) is 16.0. The number of hydrogen-bond acceptors (Lipinski definition) is 2. The quantitative estimate of drug-likeness (QED) is 0.847. The van der Waals surface area contributed by atoms with E-state index in [2.05, 4.69) is 24.3 Å². The SMILES string of the molecule is CS(=O)Cc1cccc(C(=O)N2CC(Cc3ccccc3)C2)c1. The van der Waals surface area contributed by atoms with Crippen LogP contribution in [-0.4, -0.2) is 34.4 Å². The standard InChI is InChI=1S/C19H21NO2S/c1-23(22)14-16-8-5-9-18(11-16)19(21)20-12-17(13-20)10-15-6-3-2-4-7-15/h2-9,11,17H,10,12-14H2,1H3.